The summed E-state index contributed by atoms with van der Waals surface area (Å²) >= 11 is 0. The maximum absolute atomic E-state index is 11.2. The fourth-order valence-electron chi connectivity index (χ4n) is 11.1. The number of nitrogens with one attached hydrogen (secondary N) is 5. The van der Waals surface area contributed by atoms with Gasteiger partial charge in [-0.2, -0.15) is 0 Å². The molecule has 0 unspecified atom stereocenters. The van der Waals surface area contributed by atoms with Gasteiger partial charge in [0.1, 0.15) is 26.4 Å². The number of rotatable bonds is 73. The van der Waals surface area contributed by atoms with Gasteiger partial charge in [-0.05, 0) is 166 Å². The van der Waals surface area contributed by atoms with E-state index in [1.54, 1.807) is 0 Å². The fraction of sp³-hybridized carbons (Fsp3) is 0.955. The van der Waals surface area contributed by atoms with Crippen LogP contribution in [0.25, 0.3) is 0 Å². The Morgan fingerprint density at radius 3 is 0.578 bits per heavy atom. The number of ether oxygens (including phenoxy) is 7. The third-order valence-corrected chi connectivity index (χ3v) is 19.2. The minimum atomic E-state index is -0.0165. The minimum Gasteiger partial charge on any atom is -0.379 e. The molecule has 0 bridgehead atoms. The van der Waals surface area contributed by atoms with Gasteiger partial charge in [0, 0.05) is 58.5 Å². The SMILES string of the molecule is C.CCCCCCCC(C)C.CCCCCCCCC(C)C.CCCCCCCCCC(C)C.CCCCCCCNC(=O)C(C)C.CCCCCCCNC(=O)COC(C)C.CCCCCCCOC(C)C.CCCCCCNC(=O)COC(C)C.CCCCCNC(=O)COC(C)C.CCCCCOC(C)C.CCCCNC(=O)COC(C)C.CCCOC(C)C. The molecular weight excluding hydrogens is 1600 g/mol. The first-order chi connectivity index (χ1) is 60.5. The maximum atomic E-state index is 11.2. The molecule has 0 rings (SSSR count). The normalized spacial score (nSPS) is 10.6. The van der Waals surface area contributed by atoms with Crippen LogP contribution >= 0.6 is 0 Å². The maximum Gasteiger partial charge on any atom is 0.246 e. The molecular formula is C111H241N5O12. The Kier molecular flexibility index (Phi) is 159. The van der Waals surface area contributed by atoms with E-state index >= 15 is 0 Å². The molecule has 0 aromatic carbocycles. The van der Waals surface area contributed by atoms with Crippen molar-refractivity contribution in [3.63, 3.8) is 0 Å². The number of amides is 5. The highest BCUT2D eigenvalue weighted by atomic mass is 16.5. The third-order valence-electron chi connectivity index (χ3n) is 19.2. The predicted molar refractivity (Wildman–Crippen MR) is 567 cm³/mol. The summed E-state index contributed by atoms with van der Waals surface area (Å²) in [4.78, 5) is 55.5. The van der Waals surface area contributed by atoms with Gasteiger partial charge in [-0.3, -0.25) is 24.0 Å². The van der Waals surface area contributed by atoms with Crippen molar-refractivity contribution in [3.05, 3.63) is 0 Å². The van der Waals surface area contributed by atoms with Gasteiger partial charge in [-0.15, -0.1) is 0 Å². The number of hydrogen-bond donors (Lipinski definition) is 5. The van der Waals surface area contributed by atoms with E-state index in [4.69, 9.17) is 33.2 Å². The fourth-order valence-corrected chi connectivity index (χ4v) is 11.1. The van der Waals surface area contributed by atoms with Crippen LogP contribution in [0.4, 0.5) is 0 Å². The summed E-state index contributed by atoms with van der Waals surface area (Å²) in [5.41, 5.74) is 0. The zero-order valence-electron chi connectivity index (χ0n) is 92.4. The Bertz CT molecular complexity index is 1950. The molecule has 0 aliphatic heterocycles. The van der Waals surface area contributed by atoms with Crippen molar-refractivity contribution in [2.75, 3.05) is 79.0 Å². The van der Waals surface area contributed by atoms with E-state index in [0.29, 0.717) is 18.3 Å². The molecule has 0 spiro atoms. The lowest BCUT2D eigenvalue weighted by atomic mass is 10.0. The van der Waals surface area contributed by atoms with E-state index in [2.05, 4.69) is 186 Å². The van der Waals surface area contributed by atoms with Gasteiger partial charge in [0.05, 0.1) is 42.7 Å². The Morgan fingerprint density at radius 1 is 0.188 bits per heavy atom. The van der Waals surface area contributed by atoms with E-state index in [0.717, 1.165) is 115 Å². The zero-order chi connectivity index (χ0) is 98.9. The van der Waals surface area contributed by atoms with Crippen LogP contribution in [0.3, 0.4) is 0 Å². The second kappa shape index (κ2) is 135. The minimum absolute atomic E-state index is 0. The van der Waals surface area contributed by atoms with Gasteiger partial charge in [0.2, 0.25) is 29.5 Å². The Balaban J connectivity index is -0.000000116. The first-order valence-electron chi connectivity index (χ1n) is 54.1. The van der Waals surface area contributed by atoms with E-state index in [9.17, 15) is 24.0 Å². The monoisotopic (exact) mass is 1840 g/mol. The zero-order valence-corrected chi connectivity index (χ0v) is 92.4. The van der Waals surface area contributed by atoms with Crippen LogP contribution in [0.1, 0.15) is 551 Å². The second-order valence-electron chi connectivity index (χ2n) is 38.0. The van der Waals surface area contributed by atoms with Crippen molar-refractivity contribution in [1.82, 2.24) is 26.6 Å². The summed E-state index contributed by atoms with van der Waals surface area (Å²) in [7, 11) is 0. The number of hydrogen-bond acceptors (Lipinski definition) is 12. The van der Waals surface area contributed by atoms with Gasteiger partial charge < -0.3 is 59.7 Å². The number of unbranched alkanes of at least 4 members (excludes halogenated alkanes) is 35. The quantitative estimate of drug-likeness (QED) is 0.0360. The van der Waals surface area contributed by atoms with Gasteiger partial charge >= 0.3 is 0 Å². The lowest BCUT2D eigenvalue weighted by molar-refractivity contribution is -0.127. The predicted octanol–water partition coefficient (Wildman–Crippen LogP) is 32.0. The van der Waals surface area contributed by atoms with E-state index in [1.807, 2.05) is 69.2 Å². The van der Waals surface area contributed by atoms with Gasteiger partial charge in [-0.1, -0.05) is 402 Å². The van der Waals surface area contributed by atoms with Crippen LogP contribution in [0.2, 0.25) is 0 Å². The summed E-state index contributed by atoms with van der Waals surface area (Å²) < 4.78 is 36.6. The summed E-state index contributed by atoms with van der Waals surface area (Å²) in [6.45, 7) is 77.2. The van der Waals surface area contributed by atoms with Crippen LogP contribution in [-0.4, -0.2) is 151 Å². The molecule has 0 atom stereocenters. The summed E-state index contributed by atoms with van der Waals surface area (Å²) in [6.07, 6.45) is 66.0. The highest BCUT2D eigenvalue weighted by molar-refractivity contribution is 5.78. The molecule has 0 radical (unpaired) electrons. The molecule has 0 fully saturated rings. The van der Waals surface area contributed by atoms with Gasteiger partial charge in [0.25, 0.3) is 0 Å². The molecule has 0 aromatic heterocycles. The van der Waals surface area contributed by atoms with E-state index < -0.39 is 0 Å². The van der Waals surface area contributed by atoms with Crippen molar-refractivity contribution in [1.29, 1.82) is 0 Å². The molecule has 0 heterocycles. The van der Waals surface area contributed by atoms with Crippen molar-refractivity contribution in [2.45, 2.75) is 593 Å². The van der Waals surface area contributed by atoms with Gasteiger partial charge in [0.15, 0.2) is 0 Å². The van der Waals surface area contributed by atoms with Crippen molar-refractivity contribution in [2.24, 2.45) is 23.7 Å². The number of carbonyl (C=O) groups is 5. The summed E-state index contributed by atoms with van der Waals surface area (Å²) in [5, 5.41) is 14.2. The van der Waals surface area contributed by atoms with E-state index in [-0.39, 0.29) is 93.7 Å². The van der Waals surface area contributed by atoms with Crippen molar-refractivity contribution >= 4 is 29.5 Å². The highest BCUT2D eigenvalue weighted by Gasteiger charge is 2.08. The molecule has 5 amide bonds. The highest BCUT2D eigenvalue weighted by Crippen LogP contribution is 2.15. The topological polar surface area (TPSA) is 210 Å². The van der Waals surface area contributed by atoms with Crippen molar-refractivity contribution < 1.29 is 57.1 Å². The first kappa shape index (κ1) is 151. The molecule has 0 aliphatic rings. The molecule has 0 saturated carbocycles. The van der Waals surface area contributed by atoms with Crippen molar-refractivity contribution in [3.8, 4) is 0 Å². The third kappa shape index (κ3) is 195. The second-order valence-corrected chi connectivity index (χ2v) is 38.0. The van der Waals surface area contributed by atoms with E-state index in [1.165, 1.54) is 270 Å². The number of carbonyl (C=O) groups excluding carboxylic acids is 5. The van der Waals surface area contributed by atoms with Crippen LogP contribution in [0, 0.1) is 23.7 Å². The molecule has 0 saturated heterocycles. The average Bonchev–Trinajstić information content (AvgIpc) is 1.02. The van der Waals surface area contributed by atoms with Crippen LogP contribution in [0.5, 0.6) is 0 Å². The molecule has 0 aromatic rings. The lowest BCUT2D eigenvalue weighted by Crippen LogP contribution is -2.29. The Labute approximate surface area is 804 Å². The standard InChI is InChI=1S/C12H25NO2.C12H26.C11H23NO2.C11H23NO.C11H24.C10H21NO2.C10H22O.C10H22.C9H19NO2.C8H18O.C6H14O.CH4/c1-4-5-6-7-8-9-13-12(14)10-15-11(2)3;1-4-5-6-7-8-9-10-11-12(2)3;1-4-5-6-7-8-12-11(13)9-14-10(2)3;1-4-5-6-7-8-9-12-11(13)10(2)3;1-4-5-6-7-8-9-10-11(2)3;1-4-5-6-7-11-10(12)8-13-9(2)3;1-4-5-6-7-8-9-11-10(2)3;1-4-5-6-7-8-9-10(2)3;1-4-5-6-10-9(11)7-12-8(2)3;1-4-5-6-7-9-8(2)3;1-4-5-7-6(2)3;/h11H,4-10H2,1-3H3,(H,13,14);12H,4-11H2,1-3H3;10H,4-9H2,1-3H3,(H,12,13);10H,4-9H2,1-3H3,(H,12,13);11H,4-10H2,1-3H3;9H,4-8H2,1-3H3,(H,11,12);10H,4-9H2,1-3H3;10H,4-9H2,1-3H3;8H,4-7H2,1-3H3,(H,10,11);8H,4-7H2,1-3H3;6H,4-5H2,1-3H3;1H4. The molecule has 17 heteroatoms. The first-order valence-corrected chi connectivity index (χ1v) is 54.1. The van der Waals surface area contributed by atoms with Gasteiger partial charge in [-0.25, -0.2) is 0 Å². The molecule has 782 valence electrons. The van der Waals surface area contributed by atoms with Crippen LogP contribution < -0.4 is 26.6 Å². The summed E-state index contributed by atoms with van der Waals surface area (Å²) in [5.74, 6) is 2.98. The smallest absolute Gasteiger partial charge is 0.246 e. The molecule has 5 N–H and O–H groups in total. The Morgan fingerprint density at radius 2 is 0.359 bits per heavy atom. The Hall–Kier alpha value is -2.93. The van der Waals surface area contributed by atoms with Crippen LogP contribution in [0.15, 0.2) is 0 Å². The molecule has 17 nitrogen and oxygen atoms in total. The average molecular weight is 1840 g/mol. The summed E-state index contributed by atoms with van der Waals surface area (Å²) in [6, 6.07) is 0. The van der Waals surface area contributed by atoms with Crippen LogP contribution in [-0.2, 0) is 57.1 Å². The lowest BCUT2D eigenvalue weighted by Gasteiger charge is -2.08. The largest absolute Gasteiger partial charge is 0.379 e. The molecule has 0 aliphatic carbocycles. The molecule has 128 heavy (non-hydrogen) atoms.